The van der Waals surface area contributed by atoms with Crippen molar-refractivity contribution >= 4 is 55.6 Å². The van der Waals surface area contributed by atoms with E-state index in [1.54, 1.807) is 0 Å². The summed E-state index contributed by atoms with van der Waals surface area (Å²) in [6.45, 7) is 6.20. The third kappa shape index (κ3) is 23.7. The molecule has 0 spiro atoms. The van der Waals surface area contributed by atoms with E-state index < -0.39 is 141 Å². The molecular formula is C54H105CaLiO42. The summed E-state index contributed by atoms with van der Waals surface area (Å²) in [4.78, 5) is 31.9. The zero-order valence-corrected chi connectivity index (χ0v) is 57.2. The van der Waals surface area contributed by atoms with E-state index in [-0.39, 0.29) is 75.9 Å². The number of aliphatic carboxylic acids is 3. The standard InChI is InChI=1S/3C18H36O14.Ca.Li/c3*1-2-3-4-5-6-7-8-9-10-11-13(21,22)15(25,26)17(29,30)18(31,32)16(27,28)14(23,24)12(19)20;;/h3*21-32H,2-11H2,1H3,(H,19,20);;/q;;;+2;+1/p-3. The molecular weight excluding hydrogens is 1370 g/mol. The van der Waals surface area contributed by atoms with Gasteiger partial charge >= 0.3 is 56.6 Å². The van der Waals surface area contributed by atoms with Crippen molar-refractivity contribution in [3.63, 3.8) is 0 Å². The van der Waals surface area contributed by atoms with E-state index in [9.17, 15) is 183 Å². The van der Waals surface area contributed by atoms with Gasteiger partial charge in [0, 0.05) is 19.3 Å². The molecule has 0 aliphatic carbocycles. The van der Waals surface area contributed by atoms with Crippen LogP contribution in [-0.4, -0.2) is 344 Å². The van der Waals surface area contributed by atoms with E-state index in [2.05, 4.69) is 20.8 Å². The van der Waals surface area contributed by atoms with Gasteiger partial charge in [-0.05, 0) is 19.3 Å². The van der Waals surface area contributed by atoms with Crippen LogP contribution in [0, 0.1) is 0 Å². The van der Waals surface area contributed by atoms with E-state index in [4.69, 9.17) is 30.6 Å². The Morgan fingerprint density at radius 3 is 0.439 bits per heavy atom. The smallest absolute Gasteiger partial charge is 0.544 e. The van der Waals surface area contributed by atoms with Crippen LogP contribution in [0.2, 0.25) is 0 Å². The SMILES string of the molecule is CCCCCCCCCCCC(O)(O)C(O)(O)C(O)(O)C(O)(O)C(O)(O)C(O)(O)C(=O)[O-].CCCCCCCCCCCC(O)(O)C(O)(O)C(O)(O)C(O)(O)C(O)(O)C(O)(O)C(=O)[O-].CCCCCCCCCCCC(O)(O)C(O)(O)C(O)(O)C(O)(O)C(O)(O)C(O)(O)C(=O)[O-].[Ca+2].[Li+]. The summed E-state index contributed by atoms with van der Waals surface area (Å²) < 4.78 is 0. The Kier molecular flexibility index (Phi) is 43.6. The Morgan fingerprint density at radius 1 is 0.204 bits per heavy atom. The van der Waals surface area contributed by atoms with Crippen LogP contribution in [0.4, 0.5) is 0 Å². The van der Waals surface area contributed by atoms with Crippen LogP contribution in [0.5, 0.6) is 0 Å². The zero-order valence-electron chi connectivity index (χ0n) is 55.0. The molecule has 44 heteroatoms. The van der Waals surface area contributed by atoms with E-state index in [1.807, 2.05) is 0 Å². The monoisotopic (exact) mass is 1470 g/mol. The third-order valence-corrected chi connectivity index (χ3v) is 16.2. The minimum atomic E-state index is -5.33. The fraction of sp³-hybridized carbons (Fsp3) is 0.944. The number of carbonyl (C=O) groups excluding carboxylic acids is 3. The van der Waals surface area contributed by atoms with Crippen LogP contribution in [0.25, 0.3) is 0 Å². The summed E-state index contributed by atoms with van der Waals surface area (Å²) in [6, 6.07) is 0. The predicted molar refractivity (Wildman–Crippen MR) is 305 cm³/mol. The van der Waals surface area contributed by atoms with Gasteiger partial charge in [-0.3, -0.25) is 0 Å². The first-order chi connectivity index (χ1) is 42.8. The first-order valence-corrected chi connectivity index (χ1v) is 30.5. The fourth-order valence-electron chi connectivity index (χ4n) is 9.02. The molecule has 36 N–H and O–H groups in total. The Labute approximate surface area is 602 Å². The Morgan fingerprint density at radius 2 is 0.316 bits per heavy atom. The van der Waals surface area contributed by atoms with Gasteiger partial charge in [-0.25, -0.2) is 0 Å². The Balaban J connectivity index is -0.000000437. The van der Waals surface area contributed by atoms with Crippen molar-refractivity contribution in [2.45, 2.75) is 318 Å². The number of hydrogen-bond acceptors (Lipinski definition) is 42. The van der Waals surface area contributed by atoms with E-state index in [0.717, 1.165) is 116 Å². The number of aliphatic hydroxyl groups is 36. The van der Waals surface area contributed by atoms with Gasteiger partial charge in [0.05, 0.1) is 0 Å². The molecule has 0 fully saturated rings. The molecule has 0 aromatic rings. The van der Waals surface area contributed by atoms with Crippen LogP contribution in [0.1, 0.15) is 213 Å². The molecule has 0 rings (SSSR count). The van der Waals surface area contributed by atoms with Crippen LogP contribution in [0.15, 0.2) is 0 Å². The van der Waals surface area contributed by atoms with Gasteiger partial charge in [0.2, 0.25) is 17.4 Å². The molecule has 0 saturated heterocycles. The van der Waals surface area contributed by atoms with Gasteiger partial charge in [0.1, 0.15) is 17.9 Å². The van der Waals surface area contributed by atoms with Crippen molar-refractivity contribution < 1.29 is 232 Å². The van der Waals surface area contributed by atoms with E-state index in [0.29, 0.717) is 38.5 Å². The normalized spacial score (nSPS) is 14.4. The summed E-state index contributed by atoms with van der Waals surface area (Å²) in [5.41, 5.74) is 0. The second kappa shape index (κ2) is 40.5. The maximum absolute atomic E-state index is 10.6. The van der Waals surface area contributed by atoms with Gasteiger partial charge < -0.3 is 214 Å². The van der Waals surface area contributed by atoms with Crippen LogP contribution >= 0.6 is 0 Å². The van der Waals surface area contributed by atoms with Crippen molar-refractivity contribution in [2.24, 2.45) is 0 Å². The first kappa shape index (κ1) is 105. The van der Waals surface area contributed by atoms with Crippen molar-refractivity contribution in [2.75, 3.05) is 0 Å². The summed E-state index contributed by atoms with van der Waals surface area (Å²) in [5, 5.41) is 379. The molecule has 0 aliphatic heterocycles. The average Bonchev–Trinajstić information content (AvgIpc) is 0.724. The molecule has 42 nitrogen and oxygen atoms in total. The van der Waals surface area contributed by atoms with Gasteiger partial charge in [0.25, 0.3) is 86.8 Å². The van der Waals surface area contributed by atoms with Crippen molar-refractivity contribution in [1.29, 1.82) is 0 Å². The molecule has 0 aromatic heterocycles. The second-order valence-electron chi connectivity index (χ2n) is 24.1. The number of carboxylic acids is 3. The molecule has 0 heterocycles. The van der Waals surface area contributed by atoms with Gasteiger partial charge in [-0.1, -0.05) is 175 Å². The van der Waals surface area contributed by atoms with E-state index >= 15 is 0 Å². The summed E-state index contributed by atoms with van der Waals surface area (Å²) >= 11 is 0. The molecule has 0 amide bonds. The largest absolute Gasteiger partial charge is 2.00 e. The predicted octanol–water partition coefficient (Wildman–Crippen LogP) is -19.1. The molecule has 576 valence electrons. The topological polar surface area (TPSA) is 849 Å². The minimum absolute atomic E-state index is 0. The van der Waals surface area contributed by atoms with Gasteiger partial charge in [-0.2, -0.15) is 0 Å². The molecule has 0 aromatic carbocycles. The second-order valence-corrected chi connectivity index (χ2v) is 24.1. The Hall–Kier alpha value is -1.17. The molecule has 0 unspecified atom stereocenters. The number of carbonyl (C=O) groups is 3. The fourth-order valence-corrected chi connectivity index (χ4v) is 9.02. The first-order valence-electron chi connectivity index (χ1n) is 30.5. The maximum atomic E-state index is 10.6. The van der Waals surface area contributed by atoms with Crippen LogP contribution in [0.3, 0.4) is 0 Å². The van der Waals surface area contributed by atoms with Crippen molar-refractivity contribution in [1.82, 2.24) is 0 Å². The summed E-state index contributed by atoms with van der Waals surface area (Å²) in [6.07, 6.45) is 17.1. The number of unbranched alkanes of at least 4 members (excludes halogenated alkanes) is 24. The van der Waals surface area contributed by atoms with Crippen molar-refractivity contribution in [3.8, 4) is 0 Å². The Bertz CT molecular complexity index is 2050. The van der Waals surface area contributed by atoms with Crippen molar-refractivity contribution in [3.05, 3.63) is 0 Å². The number of hydrogen-bond donors (Lipinski definition) is 36. The molecule has 98 heavy (non-hydrogen) atoms. The minimum Gasteiger partial charge on any atom is -0.544 e. The molecule has 0 saturated carbocycles. The molecule has 0 bridgehead atoms. The average molecular weight is 1470 g/mol. The quantitative estimate of drug-likeness (QED) is 0.0153. The maximum Gasteiger partial charge on any atom is 2.00 e. The number of carboxylic acid groups (broad SMARTS) is 3. The van der Waals surface area contributed by atoms with E-state index in [1.165, 1.54) is 0 Å². The number of rotatable bonds is 48. The molecule has 0 aliphatic rings. The van der Waals surface area contributed by atoms with Crippen LogP contribution < -0.4 is 34.2 Å². The van der Waals surface area contributed by atoms with Gasteiger partial charge in [0.15, 0.2) is 0 Å². The van der Waals surface area contributed by atoms with Crippen LogP contribution in [-0.2, 0) is 14.4 Å². The molecule has 0 radical (unpaired) electrons. The summed E-state index contributed by atoms with van der Waals surface area (Å²) in [7, 11) is 0. The summed E-state index contributed by atoms with van der Waals surface area (Å²) in [5.74, 6) is -98.2. The van der Waals surface area contributed by atoms with Gasteiger partial charge in [-0.15, -0.1) is 0 Å². The zero-order chi connectivity index (χ0) is 76.9. The molecule has 0 atom stereocenters. The third-order valence-electron chi connectivity index (χ3n) is 16.2.